The maximum absolute atomic E-state index is 11.7. The number of carbonyl (C=O) groups is 2. The van der Waals surface area contributed by atoms with Gasteiger partial charge in [0.05, 0.1) is 18.2 Å². The fourth-order valence-electron chi connectivity index (χ4n) is 1.41. The van der Waals surface area contributed by atoms with Gasteiger partial charge in [-0.15, -0.1) is 11.6 Å². The standard InChI is InChI=1S/C12H10ClNO3/c1-17-12(16)9-4-2-3-8(10(9)7-14)11(15)5-6-13/h2-4H,5-6H2,1H3. The number of halogens is 1. The molecule has 0 spiro atoms. The van der Waals surface area contributed by atoms with E-state index in [9.17, 15) is 9.59 Å². The first-order valence-corrected chi connectivity index (χ1v) is 5.39. The van der Waals surface area contributed by atoms with Gasteiger partial charge in [-0.25, -0.2) is 4.79 Å². The SMILES string of the molecule is COC(=O)c1cccc(C(=O)CCCl)c1C#N. The third-order valence-corrected chi connectivity index (χ3v) is 2.39. The van der Waals surface area contributed by atoms with E-state index in [-0.39, 0.29) is 34.8 Å². The van der Waals surface area contributed by atoms with Crippen molar-refractivity contribution >= 4 is 23.4 Å². The Morgan fingerprint density at radius 2 is 2.06 bits per heavy atom. The van der Waals surface area contributed by atoms with Crippen molar-refractivity contribution in [3.05, 3.63) is 34.9 Å². The monoisotopic (exact) mass is 251 g/mol. The molecule has 0 aliphatic carbocycles. The van der Waals surface area contributed by atoms with Crippen LogP contribution in [0, 0.1) is 11.3 Å². The zero-order chi connectivity index (χ0) is 12.8. The Labute approximate surface area is 104 Å². The summed E-state index contributed by atoms with van der Waals surface area (Å²) in [6.07, 6.45) is 0.126. The van der Waals surface area contributed by atoms with Gasteiger partial charge in [-0.05, 0) is 6.07 Å². The first-order chi connectivity index (χ1) is 8.15. The van der Waals surface area contributed by atoms with Crippen molar-refractivity contribution in [1.29, 1.82) is 5.26 Å². The Morgan fingerprint density at radius 1 is 1.41 bits per heavy atom. The number of hydrogen-bond donors (Lipinski definition) is 0. The number of benzene rings is 1. The summed E-state index contributed by atoms with van der Waals surface area (Å²) in [5.41, 5.74) is 0.334. The van der Waals surface area contributed by atoms with Gasteiger partial charge in [0.1, 0.15) is 6.07 Å². The largest absolute Gasteiger partial charge is 0.465 e. The van der Waals surface area contributed by atoms with Crippen LogP contribution >= 0.6 is 11.6 Å². The zero-order valence-corrected chi connectivity index (χ0v) is 9.95. The van der Waals surface area contributed by atoms with Crippen molar-refractivity contribution in [2.45, 2.75) is 6.42 Å². The van der Waals surface area contributed by atoms with Crippen LogP contribution in [0.3, 0.4) is 0 Å². The van der Waals surface area contributed by atoms with Gasteiger partial charge < -0.3 is 4.74 Å². The van der Waals surface area contributed by atoms with Crippen molar-refractivity contribution in [1.82, 2.24) is 0 Å². The Balaban J connectivity index is 3.29. The van der Waals surface area contributed by atoms with Crippen LogP contribution in [0.25, 0.3) is 0 Å². The third-order valence-electron chi connectivity index (χ3n) is 2.20. The number of carbonyl (C=O) groups excluding carboxylic acids is 2. The molecule has 0 N–H and O–H groups in total. The molecule has 0 saturated heterocycles. The molecule has 0 radical (unpaired) electrons. The third kappa shape index (κ3) is 2.83. The lowest BCUT2D eigenvalue weighted by Crippen LogP contribution is -2.10. The molecular formula is C12H10ClNO3. The van der Waals surface area contributed by atoms with E-state index in [2.05, 4.69) is 4.74 Å². The minimum absolute atomic E-state index is 0.0365. The van der Waals surface area contributed by atoms with Crippen LogP contribution in [0.15, 0.2) is 18.2 Å². The van der Waals surface area contributed by atoms with E-state index < -0.39 is 5.97 Å². The average molecular weight is 252 g/mol. The van der Waals surface area contributed by atoms with Crippen LogP contribution in [-0.2, 0) is 4.74 Å². The van der Waals surface area contributed by atoms with Crippen molar-refractivity contribution in [2.75, 3.05) is 13.0 Å². The second-order valence-corrected chi connectivity index (χ2v) is 3.57. The second-order valence-electron chi connectivity index (χ2n) is 3.19. The van der Waals surface area contributed by atoms with Gasteiger partial charge in [0.2, 0.25) is 0 Å². The molecule has 4 nitrogen and oxygen atoms in total. The number of ether oxygens (including phenoxy) is 1. The van der Waals surface area contributed by atoms with Crippen molar-refractivity contribution in [2.24, 2.45) is 0 Å². The number of nitrogens with zero attached hydrogens (tertiary/aromatic N) is 1. The highest BCUT2D eigenvalue weighted by atomic mass is 35.5. The molecule has 1 aromatic carbocycles. The van der Waals surface area contributed by atoms with E-state index in [1.807, 2.05) is 6.07 Å². The molecule has 1 aromatic rings. The first kappa shape index (κ1) is 13.2. The normalized spacial score (nSPS) is 9.47. The van der Waals surface area contributed by atoms with Crippen LogP contribution in [-0.4, -0.2) is 24.7 Å². The number of Topliss-reactive ketones (excluding diaryl/α,β-unsaturated/α-hetero) is 1. The number of nitriles is 1. The summed E-state index contributed by atoms with van der Waals surface area (Å²) in [7, 11) is 1.22. The van der Waals surface area contributed by atoms with Crippen molar-refractivity contribution in [3.8, 4) is 6.07 Å². The lowest BCUT2D eigenvalue weighted by molar-refractivity contribution is 0.0600. The molecule has 0 saturated carbocycles. The molecule has 0 atom stereocenters. The van der Waals surface area contributed by atoms with Gasteiger partial charge in [-0.1, -0.05) is 12.1 Å². The Hall–Kier alpha value is -1.86. The van der Waals surface area contributed by atoms with Crippen molar-refractivity contribution in [3.63, 3.8) is 0 Å². The van der Waals surface area contributed by atoms with Crippen LogP contribution in [0.5, 0.6) is 0 Å². The predicted molar refractivity (Wildman–Crippen MR) is 62.2 cm³/mol. The topological polar surface area (TPSA) is 67.2 Å². The van der Waals surface area contributed by atoms with E-state index in [1.54, 1.807) is 0 Å². The molecule has 0 heterocycles. The fourth-order valence-corrected chi connectivity index (χ4v) is 1.58. The summed E-state index contributed by atoms with van der Waals surface area (Å²) >= 11 is 5.48. The van der Waals surface area contributed by atoms with Gasteiger partial charge in [-0.3, -0.25) is 4.79 Å². The van der Waals surface area contributed by atoms with Gasteiger partial charge in [0.25, 0.3) is 0 Å². The molecule has 17 heavy (non-hydrogen) atoms. The molecule has 0 fully saturated rings. The van der Waals surface area contributed by atoms with Crippen LogP contribution in [0.2, 0.25) is 0 Å². The lowest BCUT2D eigenvalue weighted by Gasteiger charge is -2.06. The van der Waals surface area contributed by atoms with Crippen LogP contribution in [0.4, 0.5) is 0 Å². The number of rotatable bonds is 4. The molecular weight excluding hydrogens is 242 g/mol. The summed E-state index contributed by atoms with van der Waals surface area (Å²) in [5, 5.41) is 9.02. The van der Waals surface area contributed by atoms with Gasteiger partial charge >= 0.3 is 5.97 Å². The van der Waals surface area contributed by atoms with Crippen LogP contribution < -0.4 is 0 Å². The number of alkyl halides is 1. The minimum Gasteiger partial charge on any atom is -0.465 e. The fraction of sp³-hybridized carbons (Fsp3) is 0.250. The van der Waals surface area contributed by atoms with E-state index in [4.69, 9.17) is 16.9 Å². The summed E-state index contributed by atoms with van der Waals surface area (Å²) in [6.45, 7) is 0. The quantitative estimate of drug-likeness (QED) is 0.467. The van der Waals surface area contributed by atoms with E-state index in [0.29, 0.717) is 0 Å². The number of hydrogen-bond acceptors (Lipinski definition) is 4. The maximum Gasteiger partial charge on any atom is 0.339 e. The summed E-state index contributed by atoms with van der Waals surface area (Å²) in [5.74, 6) is -0.726. The van der Waals surface area contributed by atoms with Crippen LogP contribution in [0.1, 0.15) is 32.7 Å². The first-order valence-electron chi connectivity index (χ1n) is 4.86. The second kappa shape index (κ2) is 6.02. The Kier molecular flexibility index (Phi) is 4.68. The van der Waals surface area contributed by atoms with Gasteiger partial charge in [0.15, 0.2) is 5.78 Å². The summed E-state index contributed by atoms with van der Waals surface area (Å²) in [4.78, 5) is 23.1. The van der Waals surface area contributed by atoms with E-state index in [1.165, 1.54) is 25.3 Å². The molecule has 0 bridgehead atoms. The number of methoxy groups -OCH3 is 1. The smallest absolute Gasteiger partial charge is 0.339 e. The predicted octanol–water partition coefficient (Wildman–Crippen LogP) is 2.16. The Morgan fingerprint density at radius 3 is 2.59 bits per heavy atom. The molecule has 0 unspecified atom stereocenters. The highest BCUT2D eigenvalue weighted by Crippen LogP contribution is 2.17. The highest BCUT2D eigenvalue weighted by Gasteiger charge is 2.18. The van der Waals surface area contributed by atoms with Gasteiger partial charge in [-0.2, -0.15) is 5.26 Å². The maximum atomic E-state index is 11.7. The molecule has 1 rings (SSSR count). The molecule has 88 valence electrons. The summed E-state index contributed by atoms with van der Waals surface area (Å²) in [6, 6.07) is 6.34. The molecule has 0 aliphatic heterocycles. The van der Waals surface area contributed by atoms with E-state index in [0.717, 1.165) is 0 Å². The van der Waals surface area contributed by atoms with Crippen molar-refractivity contribution < 1.29 is 14.3 Å². The lowest BCUT2D eigenvalue weighted by atomic mass is 9.98. The highest BCUT2D eigenvalue weighted by molar-refractivity contribution is 6.19. The number of ketones is 1. The molecule has 0 amide bonds. The minimum atomic E-state index is -0.637. The van der Waals surface area contributed by atoms with Gasteiger partial charge in [0, 0.05) is 17.9 Å². The number of esters is 1. The summed E-state index contributed by atoms with van der Waals surface area (Å²) < 4.78 is 4.55. The Bertz CT molecular complexity index is 491. The zero-order valence-electron chi connectivity index (χ0n) is 9.20. The van der Waals surface area contributed by atoms with E-state index >= 15 is 0 Å². The average Bonchev–Trinajstić information content (AvgIpc) is 2.37. The molecule has 0 aliphatic rings. The molecule has 5 heteroatoms. The molecule has 0 aromatic heterocycles.